The second-order valence-electron chi connectivity index (χ2n) is 9.17. The molecule has 4 rings (SSSR count). The molecule has 4 aromatic rings. The lowest BCUT2D eigenvalue weighted by atomic mass is 9.97. The number of anilines is 2. The monoisotopic (exact) mass is 479 g/mol. The summed E-state index contributed by atoms with van der Waals surface area (Å²) < 4.78 is 22.2. The van der Waals surface area contributed by atoms with Gasteiger partial charge in [0.15, 0.2) is 5.82 Å². The maximum atomic E-state index is 15.4. The number of benzene rings is 1. The van der Waals surface area contributed by atoms with Crippen LogP contribution in [-0.2, 0) is 12.5 Å². The van der Waals surface area contributed by atoms with Gasteiger partial charge in [-0.1, -0.05) is 32.0 Å². The summed E-state index contributed by atoms with van der Waals surface area (Å²) in [6, 6.07) is 2.80. The van der Waals surface area contributed by atoms with E-state index < -0.39 is 17.8 Å². The van der Waals surface area contributed by atoms with E-state index in [1.54, 1.807) is 50.1 Å². The minimum Gasteiger partial charge on any atom is -0.343 e. The van der Waals surface area contributed by atoms with E-state index in [2.05, 4.69) is 40.8 Å². The van der Waals surface area contributed by atoms with Gasteiger partial charge in [-0.25, -0.2) is 14.4 Å². The van der Waals surface area contributed by atoms with Crippen molar-refractivity contribution >= 4 is 17.5 Å². The molecule has 0 radical (unpaired) electrons. The van der Waals surface area contributed by atoms with Crippen molar-refractivity contribution in [3.8, 4) is 11.4 Å². The molecule has 0 spiro atoms. The molecule has 0 fully saturated rings. The fraction of sp³-hybridized carbons (Fsp3) is 0.348. The highest BCUT2D eigenvalue weighted by molar-refractivity contribution is 5.90. The average Bonchev–Trinajstić information content (AvgIpc) is 3.45. The number of nitrogens with one attached hydrogen (secondary N) is 2. The van der Waals surface area contributed by atoms with Gasteiger partial charge in [-0.2, -0.15) is 15.1 Å². The zero-order chi connectivity index (χ0) is 25.3. The predicted octanol–water partition coefficient (Wildman–Crippen LogP) is 3.63. The highest BCUT2D eigenvalue weighted by Crippen LogP contribution is 2.28. The van der Waals surface area contributed by atoms with Crippen LogP contribution in [0.15, 0.2) is 35.4 Å². The Morgan fingerprint density at radius 2 is 1.97 bits per heavy atom. The van der Waals surface area contributed by atoms with E-state index in [0.717, 1.165) is 0 Å². The Labute approximate surface area is 201 Å². The Hall–Kier alpha value is -4.22. The lowest BCUT2D eigenvalue weighted by Gasteiger charge is -2.17. The van der Waals surface area contributed by atoms with Crippen molar-refractivity contribution in [2.45, 2.75) is 46.1 Å². The second kappa shape index (κ2) is 9.20. The van der Waals surface area contributed by atoms with Gasteiger partial charge in [-0.05, 0) is 31.0 Å². The second-order valence-corrected chi connectivity index (χ2v) is 9.17. The molecule has 1 atom stereocenters. The van der Waals surface area contributed by atoms with Gasteiger partial charge in [0.25, 0.3) is 11.7 Å². The van der Waals surface area contributed by atoms with Crippen molar-refractivity contribution in [3.63, 3.8) is 0 Å². The van der Waals surface area contributed by atoms with Gasteiger partial charge in [0.2, 0.25) is 11.8 Å². The van der Waals surface area contributed by atoms with E-state index in [1.807, 2.05) is 20.8 Å². The fourth-order valence-electron chi connectivity index (χ4n) is 3.40. The van der Waals surface area contributed by atoms with Crippen LogP contribution in [0.25, 0.3) is 11.4 Å². The largest absolute Gasteiger partial charge is 0.343 e. The summed E-state index contributed by atoms with van der Waals surface area (Å²) >= 11 is 0. The number of hydrogen-bond acceptors (Lipinski definition) is 9. The van der Waals surface area contributed by atoms with E-state index in [1.165, 1.54) is 6.33 Å². The Bertz CT molecular complexity index is 1370. The number of carbonyl (C=O) groups excluding carboxylic acids is 1. The number of carbonyl (C=O) groups is 1. The molecule has 0 bridgehead atoms. The first-order valence-electron chi connectivity index (χ1n) is 10.9. The molecule has 0 aliphatic heterocycles. The summed E-state index contributed by atoms with van der Waals surface area (Å²) in [6.07, 6.45) is 4.69. The number of hydrogen-bond donors (Lipinski definition) is 2. The van der Waals surface area contributed by atoms with Gasteiger partial charge in [-0.3, -0.25) is 9.48 Å². The zero-order valence-electron chi connectivity index (χ0n) is 20.3. The molecule has 35 heavy (non-hydrogen) atoms. The van der Waals surface area contributed by atoms with Crippen LogP contribution in [0, 0.1) is 12.7 Å². The molecule has 0 saturated carbocycles. The molecule has 0 aliphatic carbocycles. The van der Waals surface area contributed by atoms with Crippen LogP contribution >= 0.6 is 0 Å². The van der Waals surface area contributed by atoms with Crippen LogP contribution in [0.3, 0.4) is 0 Å². The van der Waals surface area contributed by atoms with Crippen LogP contribution in [0.4, 0.5) is 16.0 Å². The third kappa shape index (κ3) is 5.15. The highest BCUT2D eigenvalue weighted by Gasteiger charge is 2.25. The standard InChI is InChI=1S/C23H26FN9O2/c1-12-15(13(2)28-20(34)19-30-21(35-32-19)23(3,4)5)7-8-16(17(12)24)18-25-11-26-22(31-18)29-14-9-27-33(6)10-14/h7-11,13H,1-6H3,(H,28,34)(H,25,26,29,31)/t13-/m0/s1. The molecule has 3 heterocycles. The summed E-state index contributed by atoms with van der Waals surface area (Å²) in [4.78, 5) is 29.3. The third-order valence-electron chi connectivity index (χ3n) is 5.29. The number of aromatic nitrogens is 7. The van der Waals surface area contributed by atoms with Gasteiger partial charge >= 0.3 is 0 Å². The molecule has 12 heteroatoms. The Balaban J connectivity index is 1.53. The molecule has 11 nitrogen and oxygen atoms in total. The summed E-state index contributed by atoms with van der Waals surface area (Å²) in [6.45, 7) is 9.11. The molecule has 182 valence electrons. The summed E-state index contributed by atoms with van der Waals surface area (Å²) in [5.41, 5.74) is 1.49. The molecule has 0 saturated heterocycles. The first-order valence-corrected chi connectivity index (χ1v) is 10.9. The zero-order valence-corrected chi connectivity index (χ0v) is 20.3. The van der Waals surface area contributed by atoms with Crippen LogP contribution in [0.1, 0.15) is 61.4 Å². The van der Waals surface area contributed by atoms with Gasteiger partial charge in [0.05, 0.1) is 23.5 Å². The van der Waals surface area contributed by atoms with E-state index >= 15 is 4.39 Å². The van der Waals surface area contributed by atoms with E-state index in [9.17, 15) is 4.79 Å². The quantitative estimate of drug-likeness (QED) is 0.425. The maximum Gasteiger partial charge on any atom is 0.293 e. The highest BCUT2D eigenvalue weighted by atomic mass is 19.1. The smallest absolute Gasteiger partial charge is 0.293 e. The summed E-state index contributed by atoms with van der Waals surface area (Å²) in [5, 5.41) is 13.6. The minimum atomic E-state index is -0.510. The first kappa shape index (κ1) is 23.9. The van der Waals surface area contributed by atoms with Crippen LogP contribution < -0.4 is 10.6 Å². The molecule has 1 aromatic carbocycles. The first-order chi connectivity index (χ1) is 16.5. The number of nitrogens with zero attached hydrogens (tertiary/aromatic N) is 7. The molecular formula is C23H26FN9O2. The Morgan fingerprint density at radius 3 is 2.63 bits per heavy atom. The topological polar surface area (TPSA) is 137 Å². The SMILES string of the molecule is Cc1c([C@H](C)NC(=O)c2noc(C(C)(C)C)n2)ccc(-c2ncnc(Nc3cnn(C)c3)n2)c1F. The fourth-order valence-corrected chi connectivity index (χ4v) is 3.40. The maximum absolute atomic E-state index is 15.4. The van der Waals surface area contributed by atoms with Gasteiger partial charge in [0, 0.05) is 18.7 Å². The average molecular weight is 480 g/mol. The van der Waals surface area contributed by atoms with Gasteiger partial charge < -0.3 is 15.2 Å². The normalized spacial score (nSPS) is 12.4. The third-order valence-corrected chi connectivity index (χ3v) is 5.29. The van der Waals surface area contributed by atoms with E-state index in [-0.39, 0.29) is 28.6 Å². The molecule has 1 amide bonds. The van der Waals surface area contributed by atoms with Crippen LogP contribution in [0.2, 0.25) is 0 Å². The molecular weight excluding hydrogens is 453 g/mol. The lowest BCUT2D eigenvalue weighted by Crippen LogP contribution is -2.28. The van der Waals surface area contributed by atoms with Crippen molar-refractivity contribution < 1.29 is 13.7 Å². The van der Waals surface area contributed by atoms with Crippen LogP contribution in [-0.4, -0.2) is 40.8 Å². The number of rotatable bonds is 6. The van der Waals surface area contributed by atoms with Crippen molar-refractivity contribution in [3.05, 3.63) is 59.5 Å². The molecule has 0 unspecified atom stereocenters. The number of halogens is 1. The molecule has 3 aromatic heterocycles. The minimum absolute atomic E-state index is 0.0737. The van der Waals surface area contributed by atoms with Crippen molar-refractivity contribution in [2.24, 2.45) is 7.05 Å². The predicted molar refractivity (Wildman–Crippen MR) is 125 cm³/mol. The summed E-state index contributed by atoms with van der Waals surface area (Å²) in [5.74, 6) is -0.274. The van der Waals surface area contributed by atoms with Crippen molar-refractivity contribution in [1.29, 1.82) is 0 Å². The number of aryl methyl sites for hydroxylation is 1. The van der Waals surface area contributed by atoms with Gasteiger partial charge in [-0.15, -0.1) is 0 Å². The number of amides is 1. The van der Waals surface area contributed by atoms with Crippen molar-refractivity contribution in [2.75, 3.05) is 5.32 Å². The Morgan fingerprint density at radius 1 is 1.20 bits per heavy atom. The molecule has 2 N–H and O–H groups in total. The van der Waals surface area contributed by atoms with Crippen LogP contribution in [0.5, 0.6) is 0 Å². The summed E-state index contributed by atoms with van der Waals surface area (Å²) in [7, 11) is 1.79. The van der Waals surface area contributed by atoms with Crippen molar-refractivity contribution in [1.82, 2.24) is 40.2 Å². The van der Waals surface area contributed by atoms with E-state index in [4.69, 9.17) is 4.52 Å². The lowest BCUT2D eigenvalue weighted by molar-refractivity contribution is 0.0926. The van der Waals surface area contributed by atoms with Gasteiger partial charge in [0.1, 0.15) is 12.1 Å². The Kier molecular flexibility index (Phi) is 6.29. The molecule has 0 aliphatic rings. The van der Waals surface area contributed by atoms with E-state index in [0.29, 0.717) is 22.7 Å².